The van der Waals surface area contributed by atoms with Crippen LogP contribution in [-0.4, -0.2) is 50.1 Å². The molecule has 1 aliphatic carbocycles. The van der Waals surface area contributed by atoms with Crippen LogP contribution in [0.2, 0.25) is 0 Å². The average molecular weight is 316 g/mol. The molecule has 0 aromatic heterocycles. The standard InChI is InChI=1S/C14H28N4O2S/c1-21(19,20)18-10-6-5-9-13(18)11-16-14(15)17-12-7-3-2-4-8-12/h12-13H,2-11H2,1H3,(H3,15,16,17). The maximum absolute atomic E-state index is 11.8. The third-order valence-corrected chi connectivity index (χ3v) is 5.76. The number of rotatable bonds is 4. The number of piperidine rings is 1. The summed E-state index contributed by atoms with van der Waals surface area (Å²) >= 11 is 0. The summed E-state index contributed by atoms with van der Waals surface area (Å²) in [6.45, 7) is 1.06. The van der Waals surface area contributed by atoms with Gasteiger partial charge in [0.2, 0.25) is 10.0 Å². The van der Waals surface area contributed by atoms with Crippen molar-refractivity contribution < 1.29 is 8.42 Å². The first-order chi connectivity index (χ1) is 9.97. The van der Waals surface area contributed by atoms with Crippen LogP contribution in [0, 0.1) is 0 Å². The monoisotopic (exact) mass is 316 g/mol. The molecule has 1 unspecified atom stereocenters. The Bertz CT molecular complexity index is 458. The first-order valence-electron chi connectivity index (χ1n) is 8.00. The lowest BCUT2D eigenvalue weighted by molar-refractivity contribution is 0.259. The first kappa shape index (κ1) is 16.5. The fourth-order valence-corrected chi connectivity index (χ4v) is 4.47. The van der Waals surface area contributed by atoms with Crippen LogP contribution in [0.3, 0.4) is 0 Å². The van der Waals surface area contributed by atoms with E-state index < -0.39 is 10.0 Å². The summed E-state index contributed by atoms with van der Waals surface area (Å²) in [5, 5.41) is 3.27. The fourth-order valence-electron chi connectivity index (χ4n) is 3.30. The summed E-state index contributed by atoms with van der Waals surface area (Å²) in [7, 11) is -3.15. The predicted molar refractivity (Wildman–Crippen MR) is 85.7 cm³/mol. The van der Waals surface area contributed by atoms with Crippen LogP contribution in [0.1, 0.15) is 51.4 Å². The minimum atomic E-state index is -3.15. The lowest BCUT2D eigenvalue weighted by Gasteiger charge is -2.32. The van der Waals surface area contributed by atoms with Gasteiger partial charge in [-0.25, -0.2) is 8.42 Å². The zero-order valence-corrected chi connectivity index (χ0v) is 13.7. The number of aliphatic imine (C=N–C) groups is 1. The number of guanidine groups is 1. The van der Waals surface area contributed by atoms with E-state index in [0.29, 0.717) is 25.1 Å². The molecule has 2 rings (SSSR count). The third kappa shape index (κ3) is 5.14. The topological polar surface area (TPSA) is 87.8 Å². The molecule has 1 atom stereocenters. The van der Waals surface area contributed by atoms with Crippen molar-refractivity contribution in [2.24, 2.45) is 10.7 Å². The maximum atomic E-state index is 11.8. The van der Waals surface area contributed by atoms with Crippen molar-refractivity contribution in [1.82, 2.24) is 9.62 Å². The second kappa shape index (κ2) is 7.45. The van der Waals surface area contributed by atoms with E-state index in [9.17, 15) is 8.42 Å². The smallest absolute Gasteiger partial charge is 0.211 e. The average Bonchev–Trinajstić information content (AvgIpc) is 2.45. The largest absolute Gasteiger partial charge is 0.370 e. The summed E-state index contributed by atoms with van der Waals surface area (Å²) in [5.74, 6) is 0.459. The lowest BCUT2D eigenvalue weighted by Crippen LogP contribution is -2.46. The van der Waals surface area contributed by atoms with Crippen molar-refractivity contribution in [3.05, 3.63) is 0 Å². The molecule has 2 fully saturated rings. The molecule has 2 aliphatic rings. The van der Waals surface area contributed by atoms with Gasteiger partial charge in [-0.3, -0.25) is 4.99 Å². The van der Waals surface area contributed by atoms with Gasteiger partial charge in [0, 0.05) is 18.6 Å². The lowest BCUT2D eigenvalue weighted by atomic mass is 9.96. The van der Waals surface area contributed by atoms with Gasteiger partial charge < -0.3 is 11.1 Å². The molecule has 1 saturated carbocycles. The molecule has 1 aliphatic heterocycles. The van der Waals surface area contributed by atoms with Crippen LogP contribution < -0.4 is 11.1 Å². The van der Waals surface area contributed by atoms with Gasteiger partial charge in [0.15, 0.2) is 5.96 Å². The number of nitrogens with two attached hydrogens (primary N) is 1. The van der Waals surface area contributed by atoms with E-state index in [-0.39, 0.29) is 6.04 Å². The van der Waals surface area contributed by atoms with Gasteiger partial charge in [0.05, 0.1) is 12.8 Å². The molecular weight excluding hydrogens is 288 g/mol. The fraction of sp³-hybridized carbons (Fsp3) is 0.929. The molecule has 21 heavy (non-hydrogen) atoms. The molecule has 0 bridgehead atoms. The summed E-state index contributed by atoms with van der Waals surface area (Å²) in [6.07, 6.45) is 10.2. The van der Waals surface area contributed by atoms with E-state index in [2.05, 4.69) is 10.3 Å². The van der Waals surface area contributed by atoms with Gasteiger partial charge in [0.25, 0.3) is 0 Å². The minimum Gasteiger partial charge on any atom is -0.370 e. The van der Waals surface area contributed by atoms with Crippen molar-refractivity contribution in [3.63, 3.8) is 0 Å². The quantitative estimate of drug-likeness (QED) is 0.599. The highest BCUT2D eigenvalue weighted by atomic mass is 32.2. The van der Waals surface area contributed by atoms with Crippen LogP contribution in [0.4, 0.5) is 0 Å². The Balaban J connectivity index is 1.88. The molecule has 3 N–H and O–H groups in total. The Hall–Kier alpha value is -0.820. The Morgan fingerprint density at radius 1 is 1.19 bits per heavy atom. The van der Waals surface area contributed by atoms with Crippen molar-refractivity contribution in [1.29, 1.82) is 0 Å². The number of hydrogen-bond acceptors (Lipinski definition) is 3. The summed E-state index contributed by atoms with van der Waals surface area (Å²) < 4.78 is 25.2. The van der Waals surface area contributed by atoms with Crippen molar-refractivity contribution in [2.45, 2.75) is 63.5 Å². The molecule has 0 aromatic rings. The van der Waals surface area contributed by atoms with Crippen LogP contribution in [0.15, 0.2) is 4.99 Å². The Morgan fingerprint density at radius 2 is 1.86 bits per heavy atom. The van der Waals surface area contributed by atoms with Crippen molar-refractivity contribution in [3.8, 4) is 0 Å². The van der Waals surface area contributed by atoms with Crippen LogP contribution in [0.25, 0.3) is 0 Å². The predicted octanol–water partition coefficient (Wildman–Crippen LogP) is 1.04. The van der Waals surface area contributed by atoms with E-state index in [1.54, 1.807) is 4.31 Å². The summed E-state index contributed by atoms with van der Waals surface area (Å²) in [5.41, 5.74) is 5.95. The van der Waals surface area contributed by atoms with Crippen LogP contribution in [0.5, 0.6) is 0 Å². The van der Waals surface area contributed by atoms with Crippen LogP contribution in [-0.2, 0) is 10.0 Å². The zero-order valence-electron chi connectivity index (χ0n) is 12.9. The van der Waals surface area contributed by atoms with Gasteiger partial charge in [-0.2, -0.15) is 4.31 Å². The van der Waals surface area contributed by atoms with E-state index >= 15 is 0 Å². The minimum absolute atomic E-state index is 0.0412. The molecule has 0 radical (unpaired) electrons. The maximum Gasteiger partial charge on any atom is 0.211 e. The molecule has 1 saturated heterocycles. The SMILES string of the molecule is CS(=O)(=O)N1CCCCC1CN=C(N)NC1CCCCC1. The van der Waals surface area contributed by atoms with Gasteiger partial charge in [-0.05, 0) is 25.7 Å². The molecule has 0 aromatic carbocycles. The van der Waals surface area contributed by atoms with Gasteiger partial charge in [-0.15, -0.1) is 0 Å². The first-order valence-corrected chi connectivity index (χ1v) is 9.85. The van der Waals surface area contributed by atoms with Gasteiger partial charge in [-0.1, -0.05) is 25.7 Å². The normalized spacial score (nSPS) is 26.7. The highest BCUT2D eigenvalue weighted by Crippen LogP contribution is 2.20. The summed E-state index contributed by atoms with van der Waals surface area (Å²) in [6, 6.07) is 0.389. The molecular formula is C14H28N4O2S. The van der Waals surface area contributed by atoms with Gasteiger partial charge >= 0.3 is 0 Å². The highest BCUT2D eigenvalue weighted by Gasteiger charge is 2.29. The van der Waals surface area contributed by atoms with E-state index in [1.165, 1.54) is 25.5 Å². The molecule has 122 valence electrons. The Morgan fingerprint density at radius 3 is 2.52 bits per heavy atom. The Kier molecular flexibility index (Phi) is 5.87. The number of nitrogens with one attached hydrogen (secondary N) is 1. The molecule has 6 nitrogen and oxygen atoms in total. The Labute approximate surface area is 128 Å². The third-order valence-electron chi connectivity index (χ3n) is 4.43. The number of sulfonamides is 1. The van der Waals surface area contributed by atoms with Crippen molar-refractivity contribution >= 4 is 16.0 Å². The molecule has 7 heteroatoms. The van der Waals surface area contributed by atoms with E-state index in [4.69, 9.17) is 5.73 Å². The van der Waals surface area contributed by atoms with Gasteiger partial charge in [0.1, 0.15) is 0 Å². The van der Waals surface area contributed by atoms with E-state index in [0.717, 1.165) is 32.1 Å². The van der Waals surface area contributed by atoms with Crippen molar-refractivity contribution in [2.75, 3.05) is 19.3 Å². The highest BCUT2D eigenvalue weighted by molar-refractivity contribution is 7.88. The summed E-state index contributed by atoms with van der Waals surface area (Å²) in [4.78, 5) is 4.38. The molecule has 0 amide bonds. The van der Waals surface area contributed by atoms with E-state index in [1.807, 2.05) is 0 Å². The van der Waals surface area contributed by atoms with Crippen LogP contribution >= 0.6 is 0 Å². The molecule has 1 heterocycles. The second-order valence-electron chi connectivity index (χ2n) is 6.23. The molecule has 0 spiro atoms. The second-order valence-corrected chi connectivity index (χ2v) is 8.16. The zero-order chi connectivity index (χ0) is 15.3. The number of hydrogen-bond donors (Lipinski definition) is 2. The number of nitrogens with zero attached hydrogens (tertiary/aromatic N) is 2.